The van der Waals surface area contributed by atoms with Crippen molar-refractivity contribution in [3.05, 3.63) is 29.6 Å². The molecule has 8 heteroatoms. The highest BCUT2D eigenvalue weighted by atomic mass is 35.5. The molecule has 1 aromatic heterocycles. The summed E-state index contributed by atoms with van der Waals surface area (Å²) in [5.41, 5.74) is 1.85. The van der Waals surface area contributed by atoms with E-state index in [4.69, 9.17) is 16.3 Å². The highest BCUT2D eigenvalue weighted by molar-refractivity contribution is 7.14. The average Bonchev–Trinajstić information content (AvgIpc) is 3.17. The molecule has 0 fully saturated rings. The second-order valence-corrected chi connectivity index (χ2v) is 6.91. The van der Waals surface area contributed by atoms with E-state index in [0.717, 1.165) is 43.1 Å². The lowest BCUT2D eigenvalue weighted by Crippen LogP contribution is -2.35. The molecule has 0 aliphatic carbocycles. The van der Waals surface area contributed by atoms with Crippen molar-refractivity contribution in [3.63, 3.8) is 0 Å². The number of alkyl halides is 1. The number of aromatic nitrogens is 1. The van der Waals surface area contributed by atoms with Gasteiger partial charge in [-0.1, -0.05) is 13.8 Å². The molecule has 150 valence electrons. The smallest absolute Gasteiger partial charge is 0.243 e. The minimum absolute atomic E-state index is 0. The molecule has 0 spiro atoms. The fourth-order valence-corrected chi connectivity index (χ4v) is 3.70. The van der Waals surface area contributed by atoms with Crippen molar-refractivity contribution in [2.45, 2.75) is 20.3 Å². The largest absolute Gasteiger partial charge is 0.497 e. The van der Waals surface area contributed by atoms with Crippen molar-refractivity contribution in [2.75, 3.05) is 44.1 Å². The summed E-state index contributed by atoms with van der Waals surface area (Å²) < 4.78 is 5.19. The molecule has 1 aromatic carbocycles. The van der Waals surface area contributed by atoms with Gasteiger partial charge in [0.2, 0.25) is 5.91 Å². The molecule has 0 atom stereocenters. The predicted molar refractivity (Wildman–Crippen MR) is 117 cm³/mol. The van der Waals surface area contributed by atoms with Crippen LogP contribution in [-0.2, 0) is 4.79 Å². The van der Waals surface area contributed by atoms with Crippen molar-refractivity contribution < 1.29 is 9.53 Å². The topological polar surface area (TPSA) is 45.7 Å². The summed E-state index contributed by atoms with van der Waals surface area (Å²) in [6.07, 6.45) is 0.891. The second-order valence-electron chi connectivity index (χ2n) is 5.80. The molecule has 0 bridgehead atoms. The molecule has 0 aliphatic heterocycles. The van der Waals surface area contributed by atoms with Crippen LogP contribution >= 0.6 is 35.3 Å². The number of carbonyl (C=O) groups is 1. The number of methoxy groups -OCH3 is 1. The van der Waals surface area contributed by atoms with E-state index in [1.807, 2.05) is 29.6 Å². The van der Waals surface area contributed by atoms with Crippen LogP contribution in [0.25, 0.3) is 11.3 Å². The van der Waals surface area contributed by atoms with E-state index in [1.54, 1.807) is 12.0 Å². The van der Waals surface area contributed by atoms with Gasteiger partial charge in [-0.25, -0.2) is 4.98 Å². The SMILES string of the molecule is CCN(CC)CCCN(C(=O)CCl)c1nc(-c2ccc(OC)cc2)cs1.Cl. The molecule has 0 N–H and O–H groups in total. The first-order chi connectivity index (χ1) is 12.6. The number of hydrogen-bond acceptors (Lipinski definition) is 5. The number of halogens is 2. The third-order valence-corrected chi connectivity index (χ3v) is 5.37. The zero-order valence-corrected chi connectivity index (χ0v) is 18.4. The number of amides is 1. The van der Waals surface area contributed by atoms with Gasteiger partial charge in [0.15, 0.2) is 5.13 Å². The molecule has 1 heterocycles. The molecule has 2 aromatic rings. The number of nitrogens with zero attached hydrogens (tertiary/aromatic N) is 3. The molecule has 0 saturated heterocycles. The summed E-state index contributed by atoms with van der Waals surface area (Å²) in [6, 6.07) is 7.73. The minimum Gasteiger partial charge on any atom is -0.497 e. The first-order valence-electron chi connectivity index (χ1n) is 8.81. The Morgan fingerprint density at radius 1 is 1.19 bits per heavy atom. The van der Waals surface area contributed by atoms with Crippen LogP contribution < -0.4 is 9.64 Å². The molecular formula is C19H27Cl2N3O2S. The van der Waals surface area contributed by atoms with E-state index in [9.17, 15) is 4.79 Å². The first-order valence-corrected chi connectivity index (χ1v) is 10.2. The fourth-order valence-electron chi connectivity index (χ4n) is 2.67. The number of thiazole rings is 1. The van der Waals surface area contributed by atoms with E-state index in [-0.39, 0.29) is 24.2 Å². The van der Waals surface area contributed by atoms with Gasteiger partial charge < -0.3 is 9.64 Å². The Balaban J connectivity index is 0.00000364. The summed E-state index contributed by atoms with van der Waals surface area (Å²) in [5.74, 6) is 0.657. The van der Waals surface area contributed by atoms with Crippen molar-refractivity contribution in [1.29, 1.82) is 0 Å². The first kappa shape index (κ1) is 23.7. The van der Waals surface area contributed by atoms with Crippen molar-refractivity contribution >= 4 is 46.4 Å². The third-order valence-electron chi connectivity index (χ3n) is 4.27. The third kappa shape index (κ3) is 6.64. The van der Waals surface area contributed by atoms with E-state index >= 15 is 0 Å². The van der Waals surface area contributed by atoms with Gasteiger partial charge in [0.1, 0.15) is 11.6 Å². The molecule has 0 unspecified atom stereocenters. The Kier molecular flexibility index (Phi) is 10.7. The average molecular weight is 432 g/mol. The predicted octanol–water partition coefficient (Wildman–Crippen LogP) is 4.54. The Labute approximate surface area is 176 Å². The Morgan fingerprint density at radius 3 is 2.41 bits per heavy atom. The van der Waals surface area contributed by atoms with Gasteiger partial charge in [0.25, 0.3) is 0 Å². The Hall–Kier alpha value is -1.34. The van der Waals surface area contributed by atoms with Crippen LogP contribution in [0.4, 0.5) is 5.13 Å². The maximum absolute atomic E-state index is 12.3. The van der Waals surface area contributed by atoms with Gasteiger partial charge in [-0.3, -0.25) is 9.69 Å². The monoisotopic (exact) mass is 431 g/mol. The Morgan fingerprint density at radius 2 is 1.85 bits per heavy atom. The van der Waals surface area contributed by atoms with Crippen LogP contribution in [0, 0.1) is 0 Å². The summed E-state index contributed by atoms with van der Waals surface area (Å²) in [4.78, 5) is 21.0. The van der Waals surface area contributed by atoms with E-state index < -0.39 is 0 Å². The highest BCUT2D eigenvalue weighted by Gasteiger charge is 2.18. The molecular weight excluding hydrogens is 405 g/mol. The zero-order chi connectivity index (χ0) is 18.9. The maximum Gasteiger partial charge on any atom is 0.243 e. The van der Waals surface area contributed by atoms with Crippen LogP contribution in [0.5, 0.6) is 5.75 Å². The number of anilines is 1. The molecule has 0 radical (unpaired) electrons. The molecule has 1 amide bonds. The van der Waals surface area contributed by atoms with Crippen molar-refractivity contribution in [3.8, 4) is 17.0 Å². The van der Waals surface area contributed by atoms with Crippen LogP contribution in [-0.4, -0.2) is 55.0 Å². The van der Waals surface area contributed by atoms with Crippen LogP contribution in [0.15, 0.2) is 29.6 Å². The zero-order valence-electron chi connectivity index (χ0n) is 16.0. The standard InChI is InChI=1S/C19H26ClN3O2S.ClH/c1-4-22(5-2)11-6-12-23(18(24)13-20)19-21-17(14-26-19)15-7-9-16(25-3)10-8-15;/h7-10,14H,4-6,11-13H2,1-3H3;1H. The van der Waals surface area contributed by atoms with E-state index in [2.05, 4.69) is 23.7 Å². The number of benzene rings is 1. The number of hydrogen-bond donors (Lipinski definition) is 0. The van der Waals surface area contributed by atoms with Gasteiger partial charge in [0, 0.05) is 17.5 Å². The van der Waals surface area contributed by atoms with E-state index in [1.165, 1.54) is 11.3 Å². The number of ether oxygens (including phenoxy) is 1. The minimum atomic E-state index is -0.109. The van der Waals surface area contributed by atoms with Crippen LogP contribution in [0.3, 0.4) is 0 Å². The summed E-state index contributed by atoms with van der Waals surface area (Å²) in [5, 5.41) is 2.66. The number of rotatable bonds is 10. The van der Waals surface area contributed by atoms with Crippen molar-refractivity contribution in [1.82, 2.24) is 9.88 Å². The maximum atomic E-state index is 12.3. The lowest BCUT2D eigenvalue weighted by molar-refractivity contribution is -0.116. The lowest BCUT2D eigenvalue weighted by Gasteiger charge is -2.22. The van der Waals surface area contributed by atoms with Gasteiger partial charge in [-0.2, -0.15) is 0 Å². The summed E-state index contributed by atoms with van der Waals surface area (Å²) in [6.45, 7) is 7.89. The van der Waals surface area contributed by atoms with Crippen LogP contribution in [0.1, 0.15) is 20.3 Å². The molecule has 27 heavy (non-hydrogen) atoms. The van der Waals surface area contributed by atoms with Gasteiger partial charge in [-0.05, 0) is 50.3 Å². The molecule has 5 nitrogen and oxygen atoms in total. The highest BCUT2D eigenvalue weighted by Crippen LogP contribution is 2.29. The fraction of sp³-hybridized carbons (Fsp3) is 0.474. The molecule has 0 saturated carbocycles. The van der Waals surface area contributed by atoms with Crippen molar-refractivity contribution in [2.24, 2.45) is 0 Å². The Bertz CT molecular complexity index is 691. The van der Waals surface area contributed by atoms with Gasteiger partial charge >= 0.3 is 0 Å². The second kappa shape index (κ2) is 12.2. The number of carbonyl (C=O) groups excluding carboxylic acids is 1. The van der Waals surface area contributed by atoms with Gasteiger partial charge in [-0.15, -0.1) is 35.3 Å². The summed E-state index contributed by atoms with van der Waals surface area (Å²) >= 11 is 7.28. The van der Waals surface area contributed by atoms with Gasteiger partial charge in [0.05, 0.1) is 12.8 Å². The quantitative estimate of drug-likeness (QED) is 0.517. The molecule has 0 aliphatic rings. The summed E-state index contributed by atoms with van der Waals surface area (Å²) in [7, 11) is 1.64. The molecule has 2 rings (SSSR count). The lowest BCUT2D eigenvalue weighted by atomic mass is 10.2. The normalized spacial score (nSPS) is 10.6. The van der Waals surface area contributed by atoms with E-state index in [0.29, 0.717) is 11.7 Å². The van der Waals surface area contributed by atoms with Crippen LogP contribution in [0.2, 0.25) is 0 Å².